The molecular weight excluding hydrogens is 224 g/mol. The summed E-state index contributed by atoms with van der Waals surface area (Å²) >= 11 is 0. The highest BCUT2D eigenvalue weighted by atomic mass is 16.5. The molecule has 0 aromatic heterocycles. The molecule has 0 unspecified atom stereocenters. The Balaban J connectivity index is 2.71. The maximum atomic E-state index is 10.6. The Bertz CT molecular complexity index is 451. The number of hydrogen-bond donors (Lipinski definition) is 1. The SMILES string of the molecule is Cc1cc(C)c(C)c(C2(C(C)(C)O)COC2)c1C. The minimum Gasteiger partial charge on any atom is -0.389 e. The zero-order chi connectivity index (χ0) is 13.7. The molecule has 2 heteroatoms. The van der Waals surface area contributed by atoms with E-state index in [1.807, 2.05) is 13.8 Å². The fraction of sp³-hybridized carbons (Fsp3) is 0.625. The first kappa shape index (κ1) is 13.6. The van der Waals surface area contributed by atoms with Crippen molar-refractivity contribution in [1.82, 2.24) is 0 Å². The molecule has 0 atom stereocenters. The highest BCUT2D eigenvalue weighted by molar-refractivity contribution is 5.50. The molecule has 0 bridgehead atoms. The standard InChI is InChI=1S/C16H24O2/c1-10-7-11(2)13(4)14(12(10)3)16(8-18-9-16)15(5,6)17/h7,17H,8-9H2,1-6H3. The van der Waals surface area contributed by atoms with Crippen LogP contribution in [0.25, 0.3) is 0 Å². The molecule has 1 aliphatic rings. The van der Waals surface area contributed by atoms with E-state index in [4.69, 9.17) is 4.74 Å². The van der Waals surface area contributed by atoms with Crippen molar-refractivity contribution in [2.75, 3.05) is 13.2 Å². The summed E-state index contributed by atoms with van der Waals surface area (Å²) in [6.45, 7) is 13.6. The van der Waals surface area contributed by atoms with Gasteiger partial charge in [-0.15, -0.1) is 0 Å². The lowest BCUT2D eigenvalue weighted by Gasteiger charge is -2.51. The van der Waals surface area contributed by atoms with E-state index in [0.717, 1.165) is 0 Å². The zero-order valence-electron chi connectivity index (χ0n) is 12.3. The van der Waals surface area contributed by atoms with Crippen LogP contribution in [0, 0.1) is 27.7 Å². The van der Waals surface area contributed by atoms with E-state index in [-0.39, 0.29) is 5.41 Å². The lowest BCUT2D eigenvalue weighted by atomic mass is 9.64. The second-order valence-corrected chi connectivity index (χ2v) is 6.27. The van der Waals surface area contributed by atoms with Crippen LogP contribution in [0.4, 0.5) is 0 Å². The van der Waals surface area contributed by atoms with E-state index in [9.17, 15) is 5.11 Å². The Morgan fingerprint density at radius 2 is 1.50 bits per heavy atom. The van der Waals surface area contributed by atoms with Crippen LogP contribution >= 0.6 is 0 Å². The Labute approximate surface area is 110 Å². The predicted octanol–water partition coefficient (Wildman–Crippen LogP) is 2.96. The van der Waals surface area contributed by atoms with Crippen LogP contribution in [0.2, 0.25) is 0 Å². The number of rotatable bonds is 2. The van der Waals surface area contributed by atoms with Gasteiger partial charge in [0.1, 0.15) is 0 Å². The first-order valence-electron chi connectivity index (χ1n) is 6.59. The lowest BCUT2D eigenvalue weighted by Crippen LogP contribution is -2.61. The maximum absolute atomic E-state index is 10.6. The van der Waals surface area contributed by atoms with Gasteiger partial charge >= 0.3 is 0 Å². The Kier molecular flexibility index (Phi) is 3.07. The largest absolute Gasteiger partial charge is 0.389 e. The molecule has 1 N–H and O–H groups in total. The third-order valence-electron chi connectivity index (χ3n) is 4.71. The number of aryl methyl sites for hydroxylation is 2. The number of aliphatic hydroxyl groups is 1. The highest BCUT2D eigenvalue weighted by Gasteiger charge is 2.53. The van der Waals surface area contributed by atoms with E-state index in [1.165, 1.54) is 27.8 Å². The molecule has 0 saturated carbocycles. The Morgan fingerprint density at radius 3 is 1.78 bits per heavy atom. The molecule has 1 heterocycles. The molecule has 1 aromatic carbocycles. The molecule has 2 rings (SSSR count). The fourth-order valence-electron chi connectivity index (χ4n) is 3.04. The van der Waals surface area contributed by atoms with Gasteiger partial charge in [-0.3, -0.25) is 0 Å². The molecule has 100 valence electrons. The van der Waals surface area contributed by atoms with Crippen LogP contribution in [0.1, 0.15) is 41.7 Å². The van der Waals surface area contributed by atoms with Crippen molar-refractivity contribution in [2.45, 2.75) is 52.6 Å². The molecule has 1 saturated heterocycles. The van der Waals surface area contributed by atoms with Crippen LogP contribution in [0.5, 0.6) is 0 Å². The molecule has 0 spiro atoms. The minimum absolute atomic E-state index is 0.252. The third-order valence-corrected chi connectivity index (χ3v) is 4.71. The van der Waals surface area contributed by atoms with Gasteiger partial charge in [0.25, 0.3) is 0 Å². The van der Waals surface area contributed by atoms with E-state index in [1.54, 1.807) is 0 Å². The average Bonchev–Trinajstić information content (AvgIpc) is 2.16. The van der Waals surface area contributed by atoms with Crippen LogP contribution in [0.3, 0.4) is 0 Å². The van der Waals surface area contributed by atoms with E-state index >= 15 is 0 Å². The molecule has 0 radical (unpaired) electrons. The Morgan fingerprint density at radius 1 is 1.06 bits per heavy atom. The quantitative estimate of drug-likeness (QED) is 0.872. The molecule has 0 aliphatic carbocycles. The molecule has 2 nitrogen and oxygen atoms in total. The molecular formula is C16H24O2. The van der Waals surface area contributed by atoms with Gasteiger partial charge in [-0.1, -0.05) is 6.07 Å². The molecule has 0 amide bonds. The maximum Gasteiger partial charge on any atom is 0.0732 e. The smallest absolute Gasteiger partial charge is 0.0732 e. The third kappa shape index (κ3) is 1.70. The fourth-order valence-corrected chi connectivity index (χ4v) is 3.04. The Hall–Kier alpha value is -0.860. The van der Waals surface area contributed by atoms with Gasteiger partial charge in [0.2, 0.25) is 0 Å². The summed E-state index contributed by atoms with van der Waals surface area (Å²) in [4.78, 5) is 0. The second-order valence-electron chi connectivity index (χ2n) is 6.27. The van der Waals surface area contributed by atoms with Crippen LogP contribution in [-0.4, -0.2) is 23.9 Å². The zero-order valence-corrected chi connectivity index (χ0v) is 12.3. The molecule has 18 heavy (non-hydrogen) atoms. The lowest BCUT2D eigenvalue weighted by molar-refractivity contribution is -0.158. The summed E-state index contributed by atoms with van der Waals surface area (Å²) in [5.41, 5.74) is 5.46. The minimum atomic E-state index is -0.763. The summed E-state index contributed by atoms with van der Waals surface area (Å²) in [5, 5.41) is 10.6. The van der Waals surface area contributed by atoms with Crippen LogP contribution in [-0.2, 0) is 10.2 Å². The summed E-state index contributed by atoms with van der Waals surface area (Å²) in [6, 6.07) is 2.23. The first-order valence-corrected chi connectivity index (χ1v) is 6.59. The van der Waals surface area contributed by atoms with Crippen LogP contribution in [0.15, 0.2) is 6.07 Å². The second kappa shape index (κ2) is 4.07. The number of benzene rings is 1. The van der Waals surface area contributed by atoms with Gasteiger partial charge < -0.3 is 9.84 Å². The summed E-state index contributed by atoms with van der Waals surface area (Å²) in [6.07, 6.45) is 0. The topological polar surface area (TPSA) is 29.5 Å². The van der Waals surface area contributed by atoms with Gasteiger partial charge in [-0.05, 0) is 69.4 Å². The first-order chi connectivity index (χ1) is 8.21. The summed E-state index contributed by atoms with van der Waals surface area (Å²) < 4.78 is 5.45. The van der Waals surface area contributed by atoms with E-state index in [0.29, 0.717) is 13.2 Å². The highest BCUT2D eigenvalue weighted by Crippen LogP contribution is 2.45. The van der Waals surface area contributed by atoms with Gasteiger partial charge in [0, 0.05) is 0 Å². The summed E-state index contributed by atoms with van der Waals surface area (Å²) in [7, 11) is 0. The van der Waals surface area contributed by atoms with E-state index in [2.05, 4.69) is 33.8 Å². The number of hydrogen-bond acceptors (Lipinski definition) is 2. The van der Waals surface area contributed by atoms with Gasteiger partial charge in [-0.25, -0.2) is 0 Å². The van der Waals surface area contributed by atoms with E-state index < -0.39 is 5.60 Å². The number of ether oxygens (including phenoxy) is 1. The van der Waals surface area contributed by atoms with Crippen molar-refractivity contribution in [3.63, 3.8) is 0 Å². The van der Waals surface area contributed by atoms with Crippen molar-refractivity contribution >= 4 is 0 Å². The van der Waals surface area contributed by atoms with Gasteiger partial charge in [-0.2, -0.15) is 0 Å². The molecule has 1 aromatic rings. The normalized spacial score (nSPS) is 18.6. The van der Waals surface area contributed by atoms with Gasteiger partial charge in [0.05, 0.1) is 24.2 Å². The monoisotopic (exact) mass is 248 g/mol. The van der Waals surface area contributed by atoms with Crippen LogP contribution < -0.4 is 0 Å². The molecule has 1 fully saturated rings. The predicted molar refractivity (Wildman–Crippen MR) is 74.2 cm³/mol. The van der Waals surface area contributed by atoms with Crippen molar-refractivity contribution in [1.29, 1.82) is 0 Å². The van der Waals surface area contributed by atoms with Crippen molar-refractivity contribution in [3.05, 3.63) is 33.9 Å². The van der Waals surface area contributed by atoms with Crippen molar-refractivity contribution < 1.29 is 9.84 Å². The van der Waals surface area contributed by atoms with Crippen molar-refractivity contribution in [2.24, 2.45) is 0 Å². The van der Waals surface area contributed by atoms with Gasteiger partial charge in [0.15, 0.2) is 0 Å². The summed E-state index contributed by atoms with van der Waals surface area (Å²) in [5.74, 6) is 0. The van der Waals surface area contributed by atoms with Crippen molar-refractivity contribution in [3.8, 4) is 0 Å². The average molecular weight is 248 g/mol. The molecule has 1 aliphatic heterocycles.